The molecule has 94 valence electrons. The molecule has 0 bridgehead atoms. The quantitative estimate of drug-likeness (QED) is 0.848. The van der Waals surface area contributed by atoms with E-state index in [0.29, 0.717) is 11.4 Å². The molecule has 2 aromatic carbocycles. The molecule has 0 saturated heterocycles. The number of hydrogen-bond acceptors (Lipinski definition) is 3. The van der Waals surface area contributed by atoms with Gasteiger partial charge < -0.3 is 4.74 Å². The Hall–Kier alpha value is -1.81. The molecule has 0 saturated carbocycles. The SMILES string of the molecule is COc1ccccc1N=S(C)(=O)c1ccccc1. The van der Waals surface area contributed by atoms with Gasteiger partial charge in [0.15, 0.2) is 0 Å². The zero-order valence-corrected chi connectivity index (χ0v) is 11.2. The Bertz CT molecular complexity index is 644. The summed E-state index contributed by atoms with van der Waals surface area (Å²) in [6.07, 6.45) is 1.63. The summed E-state index contributed by atoms with van der Waals surface area (Å²) in [4.78, 5) is 0.718. The molecule has 0 radical (unpaired) electrons. The summed E-state index contributed by atoms with van der Waals surface area (Å²) in [5.74, 6) is 0.628. The van der Waals surface area contributed by atoms with Crippen LogP contribution in [0.1, 0.15) is 0 Å². The van der Waals surface area contributed by atoms with Gasteiger partial charge in [0.1, 0.15) is 11.4 Å². The van der Waals surface area contributed by atoms with E-state index in [9.17, 15) is 4.21 Å². The van der Waals surface area contributed by atoms with Crippen molar-refractivity contribution < 1.29 is 8.95 Å². The zero-order chi connectivity index (χ0) is 13.0. The molecule has 0 aromatic heterocycles. The van der Waals surface area contributed by atoms with Gasteiger partial charge in [0.2, 0.25) is 0 Å². The van der Waals surface area contributed by atoms with E-state index in [1.165, 1.54) is 0 Å². The highest BCUT2D eigenvalue weighted by Gasteiger charge is 2.07. The van der Waals surface area contributed by atoms with Crippen LogP contribution in [0.4, 0.5) is 5.69 Å². The molecule has 0 heterocycles. The van der Waals surface area contributed by atoms with Crippen molar-refractivity contribution in [3.05, 3.63) is 54.6 Å². The molecule has 0 spiro atoms. The van der Waals surface area contributed by atoms with Crippen LogP contribution in [0, 0.1) is 0 Å². The molecule has 0 aliphatic rings. The average Bonchev–Trinajstić information content (AvgIpc) is 2.40. The van der Waals surface area contributed by atoms with Crippen molar-refractivity contribution >= 4 is 15.4 Å². The minimum absolute atomic E-state index is 0.608. The molecule has 18 heavy (non-hydrogen) atoms. The third kappa shape index (κ3) is 2.71. The van der Waals surface area contributed by atoms with E-state index in [0.717, 1.165) is 4.90 Å². The van der Waals surface area contributed by atoms with Crippen molar-refractivity contribution in [2.75, 3.05) is 13.4 Å². The van der Waals surface area contributed by atoms with Gasteiger partial charge in [0.25, 0.3) is 0 Å². The van der Waals surface area contributed by atoms with Crippen molar-refractivity contribution in [3.63, 3.8) is 0 Å². The van der Waals surface area contributed by atoms with E-state index < -0.39 is 9.73 Å². The Morgan fingerprint density at radius 3 is 2.28 bits per heavy atom. The maximum Gasteiger partial charge on any atom is 0.145 e. The van der Waals surface area contributed by atoms with Crippen LogP contribution in [-0.2, 0) is 9.73 Å². The highest BCUT2D eigenvalue weighted by Crippen LogP contribution is 2.29. The number of hydrogen-bond donors (Lipinski definition) is 0. The fourth-order valence-corrected chi connectivity index (χ4v) is 2.91. The van der Waals surface area contributed by atoms with Gasteiger partial charge in [-0.25, -0.2) is 4.21 Å². The molecule has 0 aliphatic heterocycles. The molecule has 0 fully saturated rings. The van der Waals surface area contributed by atoms with Gasteiger partial charge in [0, 0.05) is 11.2 Å². The summed E-state index contributed by atoms with van der Waals surface area (Å²) in [5.41, 5.74) is 0.608. The minimum Gasteiger partial charge on any atom is -0.494 e. The average molecular weight is 261 g/mol. The monoisotopic (exact) mass is 261 g/mol. The van der Waals surface area contributed by atoms with Crippen molar-refractivity contribution in [3.8, 4) is 5.75 Å². The number of nitrogens with zero attached hydrogens (tertiary/aromatic N) is 1. The van der Waals surface area contributed by atoms with E-state index >= 15 is 0 Å². The summed E-state index contributed by atoms with van der Waals surface area (Å²) in [7, 11) is -0.873. The number of benzene rings is 2. The molecule has 1 atom stereocenters. The fourth-order valence-electron chi connectivity index (χ4n) is 1.62. The summed E-state index contributed by atoms with van der Waals surface area (Å²) in [6, 6.07) is 16.6. The van der Waals surface area contributed by atoms with Gasteiger partial charge in [-0.15, -0.1) is 0 Å². The maximum absolute atomic E-state index is 12.6. The first-order chi connectivity index (χ1) is 8.63. The Kier molecular flexibility index (Phi) is 3.67. The number of para-hydroxylation sites is 1. The third-order valence-electron chi connectivity index (χ3n) is 2.54. The lowest BCUT2D eigenvalue weighted by Crippen LogP contribution is -1.96. The third-order valence-corrected chi connectivity index (χ3v) is 4.23. The molecular weight excluding hydrogens is 246 g/mol. The van der Waals surface area contributed by atoms with Crippen molar-refractivity contribution in [2.24, 2.45) is 4.36 Å². The number of rotatable bonds is 3. The van der Waals surface area contributed by atoms with Gasteiger partial charge >= 0.3 is 0 Å². The van der Waals surface area contributed by atoms with Gasteiger partial charge in [0.05, 0.1) is 16.8 Å². The standard InChI is InChI=1S/C14H15NO2S/c1-17-14-11-7-6-10-13(14)15-18(2,16)12-8-4-3-5-9-12/h3-11H,1-2H3. The molecule has 0 aliphatic carbocycles. The van der Waals surface area contributed by atoms with Crippen LogP contribution < -0.4 is 4.74 Å². The van der Waals surface area contributed by atoms with Crippen molar-refractivity contribution in [2.45, 2.75) is 4.90 Å². The van der Waals surface area contributed by atoms with Crippen LogP contribution in [0.3, 0.4) is 0 Å². The lowest BCUT2D eigenvalue weighted by atomic mass is 10.3. The predicted octanol–water partition coefficient (Wildman–Crippen LogP) is 3.48. The Labute approximate surface area is 108 Å². The molecule has 2 aromatic rings. The number of methoxy groups -OCH3 is 1. The first-order valence-corrected chi connectivity index (χ1v) is 7.46. The smallest absolute Gasteiger partial charge is 0.145 e. The van der Waals surface area contributed by atoms with E-state index in [4.69, 9.17) is 4.74 Å². The lowest BCUT2D eigenvalue weighted by molar-refractivity contribution is 0.416. The van der Waals surface area contributed by atoms with Crippen LogP contribution in [-0.4, -0.2) is 17.6 Å². The molecular formula is C14H15NO2S. The summed E-state index contributed by atoms with van der Waals surface area (Å²) in [5, 5.41) is 0. The first-order valence-electron chi connectivity index (χ1n) is 5.54. The second kappa shape index (κ2) is 5.23. The van der Waals surface area contributed by atoms with E-state index in [-0.39, 0.29) is 0 Å². The Morgan fingerprint density at radius 2 is 1.61 bits per heavy atom. The van der Waals surface area contributed by atoms with E-state index in [1.54, 1.807) is 25.5 Å². The van der Waals surface area contributed by atoms with E-state index in [1.807, 2.05) is 42.5 Å². The summed E-state index contributed by atoms with van der Waals surface area (Å²) < 4.78 is 22.1. The first kappa shape index (κ1) is 12.6. The van der Waals surface area contributed by atoms with Crippen molar-refractivity contribution in [1.82, 2.24) is 0 Å². The zero-order valence-electron chi connectivity index (χ0n) is 10.4. The Morgan fingerprint density at radius 1 is 1.00 bits per heavy atom. The second-order valence-electron chi connectivity index (χ2n) is 3.88. The topological polar surface area (TPSA) is 38.7 Å². The molecule has 1 unspecified atom stereocenters. The van der Waals surface area contributed by atoms with Crippen LogP contribution in [0.25, 0.3) is 0 Å². The predicted molar refractivity (Wildman–Crippen MR) is 73.9 cm³/mol. The lowest BCUT2D eigenvalue weighted by Gasteiger charge is -2.07. The highest BCUT2D eigenvalue weighted by molar-refractivity contribution is 7.93. The minimum atomic E-state index is -2.45. The molecule has 0 N–H and O–H groups in total. The highest BCUT2D eigenvalue weighted by atomic mass is 32.2. The molecule has 2 rings (SSSR count). The van der Waals surface area contributed by atoms with Crippen LogP contribution in [0.5, 0.6) is 5.75 Å². The van der Waals surface area contributed by atoms with Crippen LogP contribution in [0.2, 0.25) is 0 Å². The largest absolute Gasteiger partial charge is 0.494 e. The summed E-state index contributed by atoms with van der Waals surface area (Å²) >= 11 is 0. The normalized spacial score (nSPS) is 13.7. The second-order valence-corrected chi connectivity index (χ2v) is 6.14. The molecule has 0 amide bonds. The number of ether oxygens (including phenoxy) is 1. The van der Waals surface area contributed by atoms with E-state index in [2.05, 4.69) is 4.36 Å². The molecule has 4 heteroatoms. The van der Waals surface area contributed by atoms with Crippen LogP contribution >= 0.6 is 0 Å². The van der Waals surface area contributed by atoms with Gasteiger partial charge in [-0.1, -0.05) is 30.3 Å². The molecule has 3 nitrogen and oxygen atoms in total. The van der Waals surface area contributed by atoms with Crippen LogP contribution in [0.15, 0.2) is 63.9 Å². The van der Waals surface area contributed by atoms with Gasteiger partial charge in [-0.3, -0.25) is 0 Å². The van der Waals surface area contributed by atoms with Gasteiger partial charge in [-0.05, 0) is 24.3 Å². The fraction of sp³-hybridized carbons (Fsp3) is 0.143. The van der Waals surface area contributed by atoms with Crippen molar-refractivity contribution in [1.29, 1.82) is 0 Å². The summed E-state index contributed by atoms with van der Waals surface area (Å²) in [6.45, 7) is 0. The van der Waals surface area contributed by atoms with Gasteiger partial charge in [-0.2, -0.15) is 4.36 Å². The maximum atomic E-state index is 12.6. The Balaban J connectivity index is 2.53.